The van der Waals surface area contributed by atoms with Crippen molar-refractivity contribution in [2.24, 2.45) is 0 Å². The van der Waals surface area contributed by atoms with Crippen molar-refractivity contribution in [3.63, 3.8) is 0 Å². The number of carbonyl (C=O) groups excluding carboxylic acids is 1. The fourth-order valence-electron chi connectivity index (χ4n) is 1.99. The first-order valence-electron chi connectivity index (χ1n) is 6.91. The minimum absolute atomic E-state index is 0.0564. The molecule has 0 spiro atoms. The van der Waals surface area contributed by atoms with Gasteiger partial charge in [-0.2, -0.15) is 0 Å². The number of carboxylic acids is 1. The van der Waals surface area contributed by atoms with Crippen molar-refractivity contribution in [3.8, 4) is 11.5 Å². The lowest BCUT2D eigenvalue weighted by Crippen LogP contribution is -2.21. The molecular weight excluding hydrogens is 298 g/mol. The van der Waals surface area contributed by atoms with Crippen LogP contribution in [0.4, 0.5) is 5.69 Å². The Bertz CT molecular complexity index is 727. The summed E-state index contributed by atoms with van der Waals surface area (Å²) in [5.74, 6) is -0.499. The average molecular weight is 315 g/mol. The Morgan fingerprint density at radius 2 is 1.87 bits per heavy atom. The van der Waals surface area contributed by atoms with Gasteiger partial charge in [0.25, 0.3) is 5.91 Å². The van der Waals surface area contributed by atoms with Crippen molar-refractivity contribution in [2.75, 3.05) is 19.0 Å². The first-order valence-corrected chi connectivity index (χ1v) is 6.91. The van der Waals surface area contributed by atoms with Crippen LogP contribution in [0.1, 0.15) is 15.9 Å². The summed E-state index contributed by atoms with van der Waals surface area (Å²) in [7, 11) is 1.44. The van der Waals surface area contributed by atoms with E-state index in [-0.39, 0.29) is 17.9 Å². The summed E-state index contributed by atoms with van der Waals surface area (Å²) in [6.45, 7) is 1.69. The summed E-state index contributed by atoms with van der Waals surface area (Å²) in [6, 6.07) is 11.6. The normalized spacial score (nSPS) is 10.0. The van der Waals surface area contributed by atoms with Gasteiger partial charge in [-0.1, -0.05) is 18.2 Å². The van der Waals surface area contributed by atoms with Crippen LogP contribution in [-0.4, -0.2) is 30.7 Å². The predicted molar refractivity (Wildman–Crippen MR) is 85.3 cm³/mol. The topological polar surface area (TPSA) is 84.9 Å². The van der Waals surface area contributed by atoms with Gasteiger partial charge in [0.1, 0.15) is 11.5 Å². The minimum atomic E-state index is -1.08. The third-order valence-corrected chi connectivity index (χ3v) is 3.17. The number of hydrogen-bond acceptors (Lipinski definition) is 4. The van der Waals surface area contributed by atoms with Crippen molar-refractivity contribution in [3.05, 3.63) is 53.6 Å². The van der Waals surface area contributed by atoms with Crippen molar-refractivity contribution < 1.29 is 24.2 Å². The quantitative estimate of drug-likeness (QED) is 0.856. The molecule has 120 valence electrons. The van der Waals surface area contributed by atoms with Crippen LogP contribution in [0.25, 0.3) is 0 Å². The Balaban J connectivity index is 2.06. The highest BCUT2D eigenvalue weighted by molar-refractivity contribution is 5.96. The van der Waals surface area contributed by atoms with Gasteiger partial charge in [-0.3, -0.25) is 4.79 Å². The van der Waals surface area contributed by atoms with Crippen molar-refractivity contribution >= 4 is 17.6 Å². The predicted octanol–water partition coefficient (Wildman–Crippen LogP) is 2.72. The van der Waals surface area contributed by atoms with E-state index in [4.69, 9.17) is 14.6 Å². The molecule has 0 heterocycles. The van der Waals surface area contributed by atoms with Crippen LogP contribution < -0.4 is 14.8 Å². The monoisotopic (exact) mass is 315 g/mol. The number of rotatable bonds is 6. The SMILES string of the molecule is COc1ccc(C(=O)O)cc1NC(=O)COc1ccccc1C. The van der Waals surface area contributed by atoms with Crippen molar-refractivity contribution in [2.45, 2.75) is 6.92 Å². The smallest absolute Gasteiger partial charge is 0.335 e. The number of aromatic carboxylic acids is 1. The highest BCUT2D eigenvalue weighted by Gasteiger charge is 2.12. The number of methoxy groups -OCH3 is 1. The van der Waals surface area contributed by atoms with Gasteiger partial charge < -0.3 is 19.9 Å². The van der Waals surface area contributed by atoms with E-state index < -0.39 is 11.9 Å². The number of benzene rings is 2. The largest absolute Gasteiger partial charge is 0.495 e. The van der Waals surface area contributed by atoms with Crippen molar-refractivity contribution in [1.29, 1.82) is 0 Å². The van der Waals surface area contributed by atoms with Gasteiger partial charge in [0, 0.05) is 0 Å². The van der Waals surface area contributed by atoms with E-state index in [1.54, 1.807) is 6.07 Å². The molecule has 2 aromatic rings. The van der Waals surface area contributed by atoms with Gasteiger partial charge in [0.2, 0.25) is 0 Å². The number of carboxylic acid groups (broad SMARTS) is 1. The zero-order chi connectivity index (χ0) is 16.8. The van der Waals surface area contributed by atoms with E-state index >= 15 is 0 Å². The number of para-hydroxylation sites is 1. The molecule has 1 amide bonds. The fraction of sp³-hybridized carbons (Fsp3) is 0.176. The maximum Gasteiger partial charge on any atom is 0.335 e. The molecule has 0 aliphatic carbocycles. The summed E-state index contributed by atoms with van der Waals surface area (Å²) >= 11 is 0. The number of ether oxygens (including phenoxy) is 2. The number of hydrogen-bond donors (Lipinski definition) is 2. The average Bonchev–Trinajstić information content (AvgIpc) is 2.54. The van der Waals surface area contributed by atoms with Crippen LogP contribution in [0.2, 0.25) is 0 Å². The Kier molecular flexibility index (Phi) is 5.19. The van der Waals surface area contributed by atoms with Gasteiger partial charge in [-0.25, -0.2) is 4.79 Å². The molecule has 6 heteroatoms. The summed E-state index contributed by atoms with van der Waals surface area (Å²) in [4.78, 5) is 23.0. The lowest BCUT2D eigenvalue weighted by molar-refractivity contribution is -0.118. The highest BCUT2D eigenvalue weighted by Crippen LogP contribution is 2.25. The van der Waals surface area contributed by atoms with Gasteiger partial charge in [-0.05, 0) is 36.8 Å². The fourth-order valence-corrected chi connectivity index (χ4v) is 1.99. The van der Waals surface area contributed by atoms with Crippen molar-refractivity contribution in [1.82, 2.24) is 0 Å². The third kappa shape index (κ3) is 4.23. The van der Waals surface area contributed by atoms with E-state index in [0.29, 0.717) is 11.5 Å². The molecule has 2 aromatic carbocycles. The van der Waals surface area contributed by atoms with Crippen LogP contribution in [0.3, 0.4) is 0 Å². The molecule has 0 saturated heterocycles. The zero-order valence-corrected chi connectivity index (χ0v) is 12.8. The first kappa shape index (κ1) is 16.4. The Morgan fingerprint density at radius 1 is 1.13 bits per heavy atom. The molecule has 0 fully saturated rings. The highest BCUT2D eigenvalue weighted by atomic mass is 16.5. The van der Waals surface area contributed by atoms with E-state index in [1.165, 1.54) is 25.3 Å². The standard InChI is InChI=1S/C17H17NO5/c1-11-5-3-4-6-14(11)23-10-16(19)18-13-9-12(17(20)21)7-8-15(13)22-2/h3-9H,10H2,1-2H3,(H,18,19)(H,20,21). The molecule has 0 unspecified atom stereocenters. The number of nitrogens with one attached hydrogen (secondary N) is 1. The molecule has 6 nitrogen and oxygen atoms in total. The van der Waals surface area contributed by atoms with E-state index in [0.717, 1.165) is 5.56 Å². The summed E-state index contributed by atoms with van der Waals surface area (Å²) in [5.41, 5.74) is 1.26. The Hall–Kier alpha value is -3.02. The first-order chi connectivity index (χ1) is 11.0. The van der Waals surface area contributed by atoms with Crippen LogP contribution in [-0.2, 0) is 4.79 Å². The second-order valence-electron chi connectivity index (χ2n) is 4.82. The summed E-state index contributed by atoms with van der Waals surface area (Å²) in [5, 5.41) is 11.6. The lowest BCUT2D eigenvalue weighted by Gasteiger charge is -2.12. The van der Waals surface area contributed by atoms with Crippen LogP contribution in [0.15, 0.2) is 42.5 Å². The second-order valence-corrected chi connectivity index (χ2v) is 4.82. The molecule has 0 radical (unpaired) electrons. The van der Waals surface area contributed by atoms with Gasteiger partial charge in [-0.15, -0.1) is 0 Å². The van der Waals surface area contributed by atoms with E-state index in [2.05, 4.69) is 5.32 Å². The number of aryl methyl sites for hydroxylation is 1. The molecule has 0 aliphatic rings. The van der Waals surface area contributed by atoms with Gasteiger partial charge in [0.05, 0.1) is 18.4 Å². The Labute approximate surface area is 133 Å². The van der Waals surface area contributed by atoms with E-state index in [9.17, 15) is 9.59 Å². The number of carbonyl (C=O) groups is 2. The summed E-state index contributed by atoms with van der Waals surface area (Å²) < 4.78 is 10.6. The summed E-state index contributed by atoms with van der Waals surface area (Å²) in [6.07, 6.45) is 0. The molecule has 23 heavy (non-hydrogen) atoms. The number of amides is 1. The molecule has 0 aromatic heterocycles. The Morgan fingerprint density at radius 3 is 2.52 bits per heavy atom. The molecule has 2 N–H and O–H groups in total. The third-order valence-electron chi connectivity index (χ3n) is 3.17. The maximum atomic E-state index is 12.0. The zero-order valence-electron chi connectivity index (χ0n) is 12.8. The van der Waals surface area contributed by atoms with E-state index in [1.807, 2.05) is 25.1 Å². The van der Waals surface area contributed by atoms with Gasteiger partial charge in [0.15, 0.2) is 6.61 Å². The van der Waals surface area contributed by atoms with Crippen LogP contribution >= 0.6 is 0 Å². The molecule has 2 rings (SSSR count). The molecule has 0 atom stereocenters. The number of anilines is 1. The maximum absolute atomic E-state index is 12.0. The molecule has 0 aliphatic heterocycles. The second kappa shape index (κ2) is 7.31. The molecular formula is C17H17NO5. The van der Waals surface area contributed by atoms with Crippen LogP contribution in [0, 0.1) is 6.92 Å². The van der Waals surface area contributed by atoms with Gasteiger partial charge >= 0.3 is 5.97 Å². The lowest BCUT2D eigenvalue weighted by atomic mass is 10.2. The van der Waals surface area contributed by atoms with Crippen LogP contribution in [0.5, 0.6) is 11.5 Å². The molecule has 0 saturated carbocycles. The molecule has 0 bridgehead atoms. The minimum Gasteiger partial charge on any atom is -0.495 e.